The molecule has 1 aliphatic heterocycles. The third-order valence-corrected chi connectivity index (χ3v) is 9.24. The first kappa shape index (κ1) is 32.4. The van der Waals surface area contributed by atoms with Crippen molar-refractivity contribution in [2.75, 3.05) is 13.6 Å². The highest BCUT2D eigenvalue weighted by molar-refractivity contribution is 5.98. The standard InChI is InChI=1S/C38H40FN7O2/c1-21-18-28(19-22(2)24(21)4)46-35(37-42-25(5)36(48-37)29(30(39)14-16-40)13-12-23(3)41-7)34-26(6)45(17-15-32(34)44-46)38(47)33-20-27-10-8-9-11-31(27)43-33/h8-13,16,18-20,26,40-41,43H,3,14-15,17H2,1-2,4-7H3/b13-12-,30-29-,40-16?/t26-/m0/s1. The van der Waals surface area contributed by atoms with Crippen molar-refractivity contribution in [1.29, 1.82) is 5.41 Å². The fraction of sp³-hybridized carbons (Fsp3) is 0.263. The van der Waals surface area contributed by atoms with Gasteiger partial charge in [0.15, 0.2) is 5.76 Å². The Balaban J connectivity index is 1.52. The topological polar surface area (TPSA) is 116 Å². The Morgan fingerprint density at radius 3 is 2.58 bits per heavy atom. The van der Waals surface area contributed by atoms with Crippen LogP contribution in [0.5, 0.6) is 0 Å². The minimum Gasteiger partial charge on any atom is -0.434 e. The molecule has 246 valence electrons. The summed E-state index contributed by atoms with van der Waals surface area (Å²) in [6.45, 7) is 14.4. The number of likely N-dealkylation sites (N-methyl/N-ethyl adjacent to an activating group) is 1. The molecule has 6 rings (SSSR count). The first-order valence-corrected chi connectivity index (χ1v) is 16.0. The van der Waals surface area contributed by atoms with E-state index < -0.39 is 5.83 Å². The van der Waals surface area contributed by atoms with Crippen LogP contribution in [0.15, 0.2) is 77.1 Å². The summed E-state index contributed by atoms with van der Waals surface area (Å²) in [5.74, 6) is -0.125. The van der Waals surface area contributed by atoms with Gasteiger partial charge in [-0.05, 0) is 87.7 Å². The lowest BCUT2D eigenvalue weighted by atomic mass is 9.96. The van der Waals surface area contributed by atoms with Crippen molar-refractivity contribution in [2.24, 2.45) is 0 Å². The number of nitrogens with one attached hydrogen (secondary N) is 3. The number of fused-ring (bicyclic) bond motifs is 2. The minimum atomic E-state index is -0.528. The molecule has 1 amide bonds. The number of hydrogen-bond acceptors (Lipinski definition) is 6. The summed E-state index contributed by atoms with van der Waals surface area (Å²) in [6, 6.07) is 13.5. The number of benzene rings is 2. The molecule has 9 nitrogen and oxygen atoms in total. The molecule has 3 aromatic heterocycles. The summed E-state index contributed by atoms with van der Waals surface area (Å²) in [5, 5.41) is 16.5. The Hall–Kier alpha value is -5.51. The zero-order chi connectivity index (χ0) is 34.3. The average Bonchev–Trinajstić information content (AvgIpc) is 3.78. The van der Waals surface area contributed by atoms with Crippen molar-refractivity contribution in [3.8, 4) is 17.3 Å². The molecule has 0 spiro atoms. The van der Waals surface area contributed by atoms with Crippen molar-refractivity contribution in [3.05, 3.63) is 118 Å². The molecule has 0 saturated carbocycles. The number of oxazole rings is 1. The number of H-pyrrole nitrogens is 1. The van der Waals surface area contributed by atoms with Crippen molar-refractivity contribution in [1.82, 2.24) is 30.0 Å². The van der Waals surface area contributed by atoms with Gasteiger partial charge in [-0.2, -0.15) is 5.10 Å². The van der Waals surface area contributed by atoms with Crippen LogP contribution in [0.3, 0.4) is 0 Å². The Labute approximate surface area is 279 Å². The number of carbonyl (C=O) groups excluding carboxylic acids is 1. The van der Waals surface area contributed by atoms with Gasteiger partial charge < -0.3 is 25.0 Å². The molecular formula is C38H40FN7O2. The van der Waals surface area contributed by atoms with Crippen LogP contribution in [0.25, 0.3) is 33.7 Å². The van der Waals surface area contributed by atoms with Gasteiger partial charge in [-0.15, -0.1) is 0 Å². The number of amides is 1. The van der Waals surface area contributed by atoms with Crippen molar-refractivity contribution < 1.29 is 13.6 Å². The van der Waals surface area contributed by atoms with Crippen LogP contribution in [0.1, 0.15) is 69.3 Å². The van der Waals surface area contributed by atoms with E-state index in [1.54, 1.807) is 26.1 Å². The van der Waals surface area contributed by atoms with E-state index in [0.717, 1.165) is 45.2 Å². The summed E-state index contributed by atoms with van der Waals surface area (Å²) in [5.41, 5.74) is 9.22. The normalized spacial score (nSPS) is 15.1. The average molecular weight is 646 g/mol. The lowest BCUT2D eigenvalue weighted by Gasteiger charge is -2.33. The summed E-state index contributed by atoms with van der Waals surface area (Å²) < 4.78 is 23.8. The smallest absolute Gasteiger partial charge is 0.270 e. The molecule has 2 aromatic carbocycles. The van der Waals surface area contributed by atoms with Crippen LogP contribution in [-0.4, -0.2) is 50.4 Å². The van der Waals surface area contributed by atoms with E-state index in [1.165, 1.54) is 5.56 Å². The Kier molecular flexibility index (Phi) is 8.75. The predicted octanol–water partition coefficient (Wildman–Crippen LogP) is 8.01. The lowest BCUT2D eigenvalue weighted by molar-refractivity contribution is 0.0672. The van der Waals surface area contributed by atoms with Gasteiger partial charge in [-0.3, -0.25) is 4.79 Å². The highest BCUT2D eigenvalue weighted by atomic mass is 19.1. The van der Waals surface area contributed by atoms with E-state index in [2.05, 4.69) is 49.8 Å². The van der Waals surface area contributed by atoms with Crippen LogP contribution in [0, 0.1) is 33.1 Å². The Bertz CT molecular complexity index is 2090. The molecular weight excluding hydrogens is 605 g/mol. The SMILES string of the molecule is C=C(/C=C\C(=C(\F)CC=N)c1oc(-c2c3c(nn2-c2cc(C)c(C)c(C)c2)CCN(C(=O)c2cc4ccccc4[nH]2)[C@H]3C)nc1C)NC. The molecule has 48 heavy (non-hydrogen) atoms. The molecule has 0 unspecified atom stereocenters. The maximum Gasteiger partial charge on any atom is 0.270 e. The van der Waals surface area contributed by atoms with Gasteiger partial charge in [0.1, 0.15) is 17.2 Å². The first-order valence-electron chi connectivity index (χ1n) is 16.0. The molecule has 1 atom stereocenters. The lowest BCUT2D eigenvalue weighted by Crippen LogP contribution is -2.39. The Morgan fingerprint density at radius 2 is 1.90 bits per heavy atom. The van der Waals surface area contributed by atoms with E-state index in [1.807, 2.05) is 46.8 Å². The zero-order valence-electron chi connectivity index (χ0n) is 28.2. The number of carbonyl (C=O) groups is 1. The van der Waals surface area contributed by atoms with Gasteiger partial charge in [0.25, 0.3) is 5.91 Å². The zero-order valence-corrected chi connectivity index (χ0v) is 28.2. The highest BCUT2D eigenvalue weighted by Gasteiger charge is 2.37. The van der Waals surface area contributed by atoms with Gasteiger partial charge in [0.2, 0.25) is 5.89 Å². The number of halogens is 1. The summed E-state index contributed by atoms with van der Waals surface area (Å²) in [6.07, 6.45) is 4.59. The summed E-state index contributed by atoms with van der Waals surface area (Å²) in [4.78, 5) is 24.0. The van der Waals surface area contributed by atoms with Crippen LogP contribution in [0.4, 0.5) is 4.39 Å². The second-order valence-corrected chi connectivity index (χ2v) is 12.3. The monoisotopic (exact) mass is 645 g/mol. The molecule has 0 fully saturated rings. The molecule has 3 N–H and O–H groups in total. The van der Waals surface area contributed by atoms with Gasteiger partial charge in [0.05, 0.1) is 28.7 Å². The summed E-state index contributed by atoms with van der Waals surface area (Å²) in [7, 11) is 1.73. The minimum absolute atomic E-state index is 0.108. The van der Waals surface area contributed by atoms with Crippen molar-refractivity contribution in [3.63, 3.8) is 0 Å². The maximum atomic E-state index is 15.5. The third kappa shape index (κ3) is 5.78. The van der Waals surface area contributed by atoms with Crippen molar-refractivity contribution >= 4 is 28.6 Å². The number of aromatic nitrogens is 4. The number of aromatic amines is 1. The first-order chi connectivity index (χ1) is 23.0. The van der Waals surface area contributed by atoms with Gasteiger partial charge in [-0.25, -0.2) is 14.1 Å². The predicted molar refractivity (Wildman–Crippen MR) is 188 cm³/mol. The maximum absolute atomic E-state index is 15.5. The molecule has 0 bridgehead atoms. The second-order valence-electron chi connectivity index (χ2n) is 12.3. The number of aryl methyl sites for hydroxylation is 3. The van der Waals surface area contributed by atoms with E-state index >= 15 is 4.39 Å². The van der Waals surface area contributed by atoms with Crippen LogP contribution in [-0.2, 0) is 6.42 Å². The number of allylic oxidation sites excluding steroid dienone is 4. The van der Waals surface area contributed by atoms with Crippen molar-refractivity contribution in [2.45, 2.75) is 53.5 Å². The van der Waals surface area contributed by atoms with Crippen LogP contribution >= 0.6 is 0 Å². The quantitative estimate of drug-likeness (QED) is 0.111. The molecule has 5 aromatic rings. The fourth-order valence-corrected chi connectivity index (χ4v) is 6.33. The van der Waals surface area contributed by atoms with Crippen LogP contribution in [0.2, 0.25) is 0 Å². The third-order valence-electron chi connectivity index (χ3n) is 9.24. The van der Waals surface area contributed by atoms with E-state index in [9.17, 15) is 4.79 Å². The summed E-state index contributed by atoms with van der Waals surface area (Å²) >= 11 is 0. The van der Waals surface area contributed by atoms with Gasteiger partial charge >= 0.3 is 0 Å². The molecule has 0 saturated heterocycles. The van der Waals surface area contributed by atoms with E-state index in [4.69, 9.17) is 19.9 Å². The fourth-order valence-electron chi connectivity index (χ4n) is 6.33. The van der Waals surface area contributed by atoms with Crippen LogP contribution < -0.4 is 5.32 Å². The highest BCUT2D eigenvalue weighted by Crippen LogP contribution is 2.41. The number of hydrogen-bond donors (Lipinski definition) is 3. The largest absolute Gasteiger partial charge is 0.434 e. The van der Waals surface area contributed by atoms with Gasteiger partial charge in [-0.1, -0.05) is 24.8 Å². The Morgan fingerprint density at radius 1 is 1.17 bits per heavy atom. The molecule has 0 aliphatic carbocycles. The number of rotatable bonds is 9. The molecule has 10 heteroatoms. The second kappa shape index (κ2) is 12.9. The molecule has 4 heterocycles. The van der Waals surface area contributed by atoms with E-state index in [-0.39, 0.29) is 35.6 Å². The number of para-hydroxylation sites is 1. The van der Waals surface area contributed by atoms with Gasteiger partial charge in [0, 0.05) is 54.8 Å². The molecule has 1 aliphatic rings. The molecule has 0 radical (unpaired) electrons. The van der Waals surface area contributed by atoms with E-state index in [0.29, 0.717) is 35.7 Å². The number of nitrogens with zero attached hydrogens (tertiary/aromatic N) is 4.